The van der Waals surface area contributed by atoms with Crippen molar-refractivity contribution in [3.8, 4) is 0 Å². The molecule has 0 aliphatic heterocycles. The quantitative estimate of drug-likeness (QED) is 0.684. The van der Waals surface area contributed by atoms with Crippen LogP contribution in [0.5, 0.6) is 0 Å². The van der Waals surface area contributed by atoms with Gasteiger partial charge in [-0.25, -0.2) is 0 Å². The molecule has 0 aliphatic rings. The Morgan fingerprint density at radius 2 is 1.67 bits per heavy atom. The number of rotatable bonds is 5. The van der Waals surface area contributed by atoms with Gasteiger partial charge in [-0.15, -0.1) is 12.4 Å². The van der Waals surface area contributed by atoms with Gasteiger partial charge in [-0.1, -0.05) is 0 Å². The van der Waals surface area contributed by atoms with Crippen molar-refractivity contribution in [2.45, 2.75) is 45.6 Å². The van der Waals surface area contributed by atoms with Crippen molar-refractivity contribution in [2.24, 2.45) is 5.73 Å². The van der Waals surface area contributed by atoms with Crippen molar-refractivity contribution >= 4 is 12.4 Å². The topological polar surface area (TPSA) is 35.2 Å². The molecule has 0 heterocycles. The first-order chi connectivity index (χ1) is 5.06. The van der Waals surface area contributed by atoms with E-state index in [9.17, 15) is 0 Å². The molecule has 0 amide bonds. The minimum atomic E-state index is 0. The van der Waals surface area contributed by atoms with Crippen molar-refractivity contribution in [3.05, 3.63) is 0 Å². The number of nitrogens with two attached hydrogens (primary N) is 1. The first kappa shape index (κ1) is 14.7. The van der Waals surface area contributed by atoms with Crippen LogP contribution < -0.4 is 5.73 Å². The van der Waals surface area contributed by atoms with Crippen LogP contribution in [0.2, 0.25) is 0 Å². The summed E-state index contributed by atoms with van der Waals surface area (Å²) in [5, 5.41) is 0. The molecule has 0 aromatic heterocycles. The molecule has 0 aliphatic carbocycles. The maximum absolute atomic E-state index is 5.54. The third-order valence-corrected chi connectivity index (χ3v) is 1.38. The smallest absolute Gasteiger partial charge is 0.0598 e. The van der Waals surface area contributed by atoms with Crippen LogP contribution in [0, 0.1) is 0 Å². The third kappa shape index (κ3) is 12.8. The zero-order valence-electron chi connectivity index (χ0n) is 8.43. The van der Waals surface area contributed by atoms with E-state index in [1.165, 1.54) is 6.42 Å². The van der Waals surface area contributed by atoms with Crippen LogP contribution in [0.3, 0.4) is 0 Å². The normalized spacial score (nSPS) is 11.0. The summed E-state index contributed by atoms with van der Waals surface area (Å²) in [6, 6.07) is 0. The number of hydrogen-bond donors (Lipinski definition) is 1. The molecule has 0 bridgehead atoms. The zero-order valence-corrected chi connectivity index (χ0v) is 9.25. The molecule has 0 spiro atoms. The highest BCUT2D eigenvalue weighted by Gasteiger charge is 2.08. The van der Waals surface area contributed by atoms with E-state index >= 15 is 0 Å². The molecule has 0 aromatic rings. The Morgan fingerprint density at radius 3 is 2.08 bits per heavy atom. The summed E-state index contributed by atoms with van der Waals surface area (Å²) in [6.07, 6.45) is 3.44. The van der Waals surface area contributed by atoms with Gasteiger partial charge in [-0.05, 0) is 46.6 Å². The standard InChI is InChI=1S/C9H21NO.ClH/c1-9(2,3)11-8-6-4-5-7-10;/h4-8,10H2,1-3H3;1H. The van der Waals surface area contributed by atoms with Gasteiger partial charge in [-0.3, -0.25) is 0 Å². The minimum Gasteiger partial charge on any atom is -0.376 e. The van der Waals surface area contributed by atoms with E-state index < -0.39 is 0 Å². The van der Waals surface area contributed by atoms with Crippen LogP contribution in [0.15, 0.2) is 0 Å². The van der Waals surface area contributed by atoms with Crippen molar-refractivity contribution in [1.29, 1.82) is 0 Å². The molecule has 0 fully saturated rings. The summed E-state index contributed by atoms with van der Waals surface area (Å²) in [7, 11) is 0. The van der Waals surface area contributed by atoms with Crippen LogP contribution in [0.25, 0.3) is 0 Å². The van der Waals surface area contributed by atoms with Gasteiger partial charge < -0.3 is 10.5 Å². The molecular formula is C9H22ClNO. The van der Waals surface area contributed by atoms with Crippen LogP contribution in [-0.2, 0) is 4.74 Å². The summed E-state index contributed by atoms with van der Waals surface area (Å²) < 4.78 is 5.54. The molecule has 2 N–H and O–H groups in total. The summed E-state index contributed by atoms with van der Waals surface area (Å²) in [4.78, 5) is 0. The van der Waals surface area contributed by atoms with Gasteiger partial charge in [0.15, 0.2) is 0 Å². The van der Waals surface area contributed by atoms with Gasteiger partial charge in [0.05, 0.1) is 5.60 Å². The molecule has 0 rings (SSSR count). The van der Waals surface area contributed by atoms with Gasteiger partial charge >= 0.3 is 0 Å². The Bertz CT molecular complexity index is 91.0. The van der Waals surface area contributed by atoms with E-state index in [0.29, 0.717) is 0 Å². The monoisotopic (exact) mass is 195 g/mol. The van der Waals surface area contributed by atoms with Crippen molar-refractivity contribution in [3.63, 3.8) is 0 Å². The molecule has 12 heavy (non-hydrogen) atoms. The zero-order chi connectivity index (χ0) is 8.74. The maximum atomic E-state index is 5.54. The fraction of sp³-hybridized carbons (Fsp3) is 1.00. The van der Waals surface area contributed by atoms with Gasteiger partial charge in [0.25, 0.3) is 0 Å². The van der Waals surface area contributed by atoms with Crippen molar-refractivity contribution < 1.29 is 4.74 Å². The number of ether oxygens (including phenoxy) is 1. The lowest BCUT2D eigenvalue weighted by Crippen LogP contribution is -2.19. The fourth-order valence-corrected chi connectivity index (χ4v) is 0.802. The van der Waals surface area contributed by atoms with E-state index in [0.717, 1.165) is 26.0 Å². The molecule has 0 saturated carbocycles. The molecule has 3 heteroatoms. The molecular weight excluding hydrogens is 174 g/mol. The predicted octanol–water partition coefficient (Wildman–Crippen LogP) is 2.35. The van der Waals surface area contributed by atoms with Crippen LogP contribution in [-0.4, -0.2) is 18.8 Å². The summed E-state index contributed by atoms with van der Waals surface area (Å²) in [5.41, 5.74) is 5.37. The first-order valence-corrected chi connectivity index (χ1v) is 4.40. The highest BCUT2D eigenvalue weighted by atomic mass is 35.5. The third-order valence-electron chi connectivity index (χ3n) is 1.38. The summed E-state index contributed by atoms with van der Waals surface area (Å²) in [5.74, 6) is 0. The van der Waals surface area contributed by atoms with Crippen LogP contribution in [0.4, 0.5) is 0 Å². The Hall–Kier alpha value is 0.210. The molecule has 0 aromatic carbocycles. The Morgan fingerprint density at radius 1 is 1.08 bits per heavy atom. The van der Waals surface area contributed by atoms with E-state index in [-0.39, 0.29) is 18.0 Å². The predicted molar refractivity (Wildman–Crippen MR) is 55.9 cm³/mol. The molecule has 0 atom stereocenters. The van der Waals surface area contributed by atoms with Gasteiger partial charge in [0.1, 0.15) is 0 Å². The second-order valence-electron chi connectivity index (χ2n) is 3.81. The van der Waals surface area contributed by atoms with Gasteiger partial charge in [0, 0.05) is 6.61 Å². The van der Waals surface area contributed by atoms with E-state index in [2.05, 4.69) is 20.8 Å². The summed E-state index contributed by atoms with van der Waals surface area (Å²) in [6.45, 7) is 7.90. The SMILES string of the molecule is CC(C)(C)OCCCCCN.Cl. The average Bonchev–Trinajstić information content (AvgIpc) is 1.85. The molecule has 0 radical (unpaired) electrons. The fourth-order valence-electron chi connectivity index (χ4n) is 0.802. The number of halogens is 1. The molecule has 2 nitrogen and oxygen atoms in total. The van der Waals surface area contributed by atoms with E-state index in [1.54, 1.807) is 0 Å². The maximum Gasteiger partial charge on any atom is 0.0598 e. The Balaban J connectivity index is 0. The molecule has 76 valence electrons. The van der Waals surface area contributed by atoms with E-state index in [4.69, 9.17) is 10.5 Å². The largest absolute Gasteiger partial charge is 0.376 e. The summed E-state index contributed by atoms with van der Waals surface area (Å²) >= 11 is 0. The second-order valence-corrected chi connectivity index (χ2v) is 3.81. The van der Waals surface area contributed by atoms with E-state index in [1.807, 2.05) is 0 Å². The highest BCUT2D eigenvalue weighted by molar-refractivity contribution is 5.85. The lowest BCUT2D eigenvalue weighted by molar-refractivity contribution is -0.00464. The van der Waals surface area contributed by atoms with Gasteiger partial charge in [-0.2, -0.15) is 0 Å². The Kier molecular flexibility index (Phi) is 9.61. The van der Waals surface area contributed by atoms with Crippen LogP contribution in [0.1, 0.15) is 40.0 Å². The van der Waals surface area contributed by atoms with Crippen molar-refractivity contribution in [1.82, 2.24) is 0 Å². The van der Waals surface area contributed by atoms with Crippen LogP contribution >= 0.6 is 12.4 Å². The number of hydrogen-bond acceptors (Lipinski definition) is 2. The Labute approximate surface area is 82.3 Å². The first-order valence-electron chi connectivity index (χ1n) is 4.40. The molecule has 0 unspecified atom stereocenters. The average molecular weight is 196 g/mol. The minimum absolute atomic E-state index is 0. The van der Waals surface area contributed by atoms with Crippen molar-refractivity contribution in [2.75, 3.05) is 13.2 Å². The number of unbranched alkanes of at least 4 members (excludes halogenated alkanes) is 2. The second kappa shape index (κ2) is 7.84. The van der Waals surface area contributed by atoms with Gasteiger partial charge in [0.2, 0.25) is 0 Å². The lowest BCUT2D eigenvalue weighted by Gasteiger charge is -2.19. The highest BCUT2D eigenvalue weighted by Crippen LogP contribution is 2.07. The lowest BCUT2D eigenvalue weighted by atomic mass is 10.2. The molecule has 0 saturated heterocycles.